The number of rotatable bonds is 3. The molecular formula is C11H12F2O3S. The van der Waals surface area contributed by atoms with Crippen molar-refractivity contribution in [2.24, 2.45) is 0 Å². The Balaban J connectivity index is 2.21. The van der Waals surface area contributed by atoms with E-state index in [2.05, 4.69) is 0 Å². The highest BCUT2D eigenvalue weighted by atomic mass is 32.2. The standard InChI is InChI=1S/C11H12F2O3S/c12-10-4-3-9(6-11(10)13)17(14,15)7-8-2-1-5-16-8/h3-4,6,8H,1-2,5,7H2. The van der Waals surface area contributed by atoms with Gasteiger partial charge in [-0.3, -0.25) is 0 Å². The van der Waals surface area contributed by atoms with E-state index in [-0.39, 0.29) is 16.8 Å². The van der Waals surface area contributed by atoms with Gasteiger partial charge in [-0.2, -0.15) is 0 Å². The maximum atomic E-state index is 13.0. The zero-order valence-electron chi connectivity index (χ0n) is 9.03. The number of sulfone groups is 1. The molecule has 1 heterocycles. The van der Waals surface area contributed by atoms with Crippen LogP contribution in [-0.2, 0) is 14.6 Å². The molecule has 0 amide bonds. The Morgan fingerprint density at radius 3 is 2.65 bits per heavy atom. The second kappa shape index (κ2) is 4.70. The van der Waals surface area contributed by atoms with Gasteiger partial charge in [-0.15, -0.1) is 0 Å². The zero-order valence-corrected chi connectivity index (χ0v) is 9.84. The first-order chi connectivity index (χ1) is 7.99. The van der Waals surface area contributed by atoms with Crippen LogP contribution in [0.4, 0.5) is 8.78 Å². The minimum atomic E-state index is -3.61. The molecule has 0 aliphatic carbocycles. The topological polar surface area (TPSA) is 43.4 Å². The minimum absolute atomic E-state index is 0.182. The van der Waals surface area contributed by atoms with Gasteiger partial charge in [0.05, 0.1) is 16.8 Å². The highest BCUT2D eigenvalue weighted by Gasteiger charge is 2.25. The molecule has 94 valence electrons. The van der Waals surface area contributed by atoms with Crippen molar-refractivity contribution in [3.8, 4) is 0 Å². The lowest BCUT2D eigenvalue weighted by Crippen LogP contribution is -2.20. The second-order valence-electron chi connectivity index (χ2n) is 3.99. The van der Waals surface area contributed by atoms with Crippen LogP contribution >= 0.6 is 0 Å². The molecule has 1 aromatic carbocycles. The summed E-state index contributed by atoms with van der Waals surface area (Å²) in [6.45, 7) is 0.554. The Labute approximate surface area is 98.3 Å². The predicted octanol–water partition coefficient (Wildman–Crippen LogP) is 1.92. The number of ether oxygens (including phenoxy) is 1. The van der Waals surface area contributed by atoms with Crippen molar-refractivity contribution in [3.05, 3.63) is 29.8 Å². The third-order valence-corrected chi connectivity index (χ3v) is 4.46. The van der Waals surface area contributed by atoms with Crippen LogP contribution in [0.5, 0.6) is 0 Å². The molecule has 1 atom stereocenters. The summed E-state index contributed by atoms with van der Waals surface area (Å²) in [6, 6.07) is 2.60. The van der Waals surface area contributed by atoms with Gasteiger partial charge in [0.15, 0.2) is 21.5 Å². The van der Waals surface area contributed by atoms with E-state index in [4.69, 9.17) is 4.74 Å². The maximum absolute atomic E-state index is 13.0. The fourth-order valence-corrected chi connectivity index (χ4v) is 3.29. The second-order valence-corrected chi connectivity index (χ2v) is 6.03. The van der Waals surface area contributed by atoms with Gasteiger partial charge in [0.1, 0.15) is 0 Å². The van der Waals surface area contributed by atoms with Gasteiger partial charge in [-0.05, 0) is 31.0 Å². The molecule has 17 heavy (non-hydrogen) atoms. The lowest BCUT2D eigenvalue weighted by molar-refractivity contribution is 0.127. The van der Waals surface area contributed by atoms with Crippen LogP contribution < -0.4 is 0 Å². The van der Waals surface area contributed by atoms with E-state index in [1.807, 2.05) is 0 Å². The summed E-state index contributed by atoms with van der Waals surface area (Å²) in [5.41, 5.74) is 0. The summed E-state index contributed by atoms with van der Waals surface area (Å²) >= 11 is 0. The summed E-state index contributed by atoms with van der Waals surface area (Å²) in [5, 5.41) is 0. The molecule has 3 nitrogen and oxygen atoms in total. The molecule has 1 fully saturated rings. The zero-order chi connectivity index (χ0) is 12.5. The summed E-state index contributed by atoms with van der Waals surface area (Å²) in [5.74, 6) is -2.39. The number of hydrogen-bond donors (Lipinski definition) is 0. The highest BCUT2D eigenvalue weighted by Crippen LogP contribution is 2.20. The van der Waals surface area contributed by atoms with Crippen LogP contribution in [0.2, 0.25) is 0 Å². The summed E-state index contributed by atoms with van der Waals surface area (Å²) in [6.07, 6.45) is 1.18. The molecule has 0 N–H and O–H groups in total. The Morgan fingerprint density at radius 2 is 2.06 bits per heavy atom. The molecule has 1 aliphatic rings. The lowest BCUT2D eigenvalue weighted by Gasteiger charge is -2.10. The van der Waals surface area contributed by atoms with Gasteiger partial charge >= 0.3 is 0 Å². The average Bonchev–Trinajstić information content (AvgIpc) is 2.73. The molecule has 1 unspecified atom stereocenters. The first-order valence-corrected chi connectivity index (χ1v) is 6.94. The Kier molecular flexibility index (Phi) is 3.44. The van der Waals surface area contributed by atoms with Gasteiger partial charge < -0.3 is 4.74 Å². The lowest BCUT2D eigenvalue weighted by atomic mass is 10.3. The Bertz CT molecular complexity index is 507. The van der Waals surface area contributed by atoms with Crippen LogP contribution in [0, 0.1) is 11.6 Å². The molecule has 0 radical (unpaired) electrons. The van der Waals surface area contributed by atoms with Gasteiger partial charge in [-0.25, -0.2) is 17.2 Å². The SMILES string of the molecule is O=S(=O)(CC1CCCO1)c1ccc(F)c(F)c1. The minimum Gasteiger partial charge on any atom is -0.377 e. The van der Waals surface area contributed by atoms with Crippen molar-refractivity contribution in [3.63, 3.8) is 0 Å². The summed E-state index contributed by atoms with van der Waals surface area (Å²) in [4.78, 5) is -0.202. The fourth-order valence-electron chi connectivity index (χ4n) is 1.79. The van der Waals surface area contributed by atoms with Crippen LogP contribution in [0.3, 0.4) is 0 Å². The van der Waals surface area contributed by atoms with E-state index in [1.54, 1.807) is 0 Å². The van der Waals surface area contributed by atoms with E-state index < -0.39 is 21.5 Å². The molecule has 2 rings (SSSR count). The fraction of sp³-hybridized carbons (Fsp3) is 0.455. The molecule has 6 heteroatoms. The molecule has 0 spiro atoms. The van der Waals surface area contributed by atoms with Crippen molar-refractivity contribution in [1.82, 2.24) is 0 Å². The van der Waals surface area contributed by atoms with Crippen LogP contribution in [0.25, 0.3) is 0 Å². The van der Waals surface area contributed by atoms with Crippen LogP contribution in [0.1, 0.15) is 12.8 Å². The molecule has 1 aromatic rings. The van der Waals surface area contributed by atoms with E-state index in [9.17, 15) is 17.2 Å². The number of halogens is 2. The molecular weight excluding hydrogens is 250 g/mol. The van der Waals surface area contributed by atoms with E-state index >= 15 is 0 Å². The number of benzene rings is 1. The molecule has 0 saturated carbocycles. The Hall–Kier alpha value is -1.01. The van der Waals surface area contributed by atoms with Gasteiger partial charge in [-0.1, -0.05) is 0 Å². The maximum Gasteiger partial charge on any atom is 0.181 e. The third-order valence-electron chi connectivity index (χ3n) is 2.68. The predicted molar refractivity (Wildman–Crippen MR) is 57.4 cm³/mol. The van der Waals surface area contributed by atoms with Gasteiger partial charge in [0.2, 0.25) is 0 Å². The largest absolute Gasteiger partial charge is 0.377 e. The van der Waals surface area contributed by atoms with E-state index in [0.717, 1.165) is 18.6 Å². The van der Waals surface area contributed by atoms with Gasteiger partial charge in [0, 0.05) is 6.61 Å². The summed E-state index contributed by atoms with van der Waals surface area (Å²) < 4.78 is 54.6. The van der Waals surface area contributed by atoms with Crippen molar-refractivity contribution < 1.29 is 21.9 Å². The van der Waals surface area contributed by atoms with E-state index in [0.29, 0.717) is 19.1 Å². The van der Waals surface area contributed by atoms with Crippen LogP contribution in [-0.4, -0.2) is 26.9 Å². The first-order valence-electron chi connectivity index (χ1n) is 5.28. The van der Waals surface area contributed by atoms with Crippen LogP contribution in [0.15, 0.2) is 23.1 Å². The van der Waals surface area contributed by atoms with Crippen molar-refractivity contribution in [1.29, 1.82) is 0 Å². The normalized spacial score (nSPS) is 20.7. The third kappa shape index (κ3) is 2.81. The van der Waals surface area contributed by atoms with Crippen molar-refractivity contribution >= 4 is 9.84 Å². The van der Waals surface area contributed by atoms with Crippen molar-refractivity contribution in [2.75, 3.05) is 12.4 Å². The average molecular weight is 262 g/mol. The quantitative estimate of drug-likeness (QED) is 0.782. The molecule has 1 saturated heterocycles. The molecule has 0 aromatic heterocycles. The summed E-state index contributed by atoms with van der Waals surface area (Å²) in [7, 11) is -3.61. The molecule has 1 aliphatic heterocycles. The van der Waals surface area contributed by atoms with Crippen molar-refractivity contribution in [2.45, 2.75) is 23.8 Å². The van der Waals surface area contributed by atoms with E-state index in [1.165, 1.54) is 0 Å². The molecule has 0 bridgehead atoms. The highest BCUT2D eigenvalue weighted by molar-refractivity contribution is 7.91. The first kappa shape index (κ1) is 12.4. The monoisotopic (exact) mass is 262 g/mol. The smallest absolute Gasteiger partial charge is 0.181 e. The van der Waals surface area contributed by atoms with Gasteiger partial charge in [0.25, 0.3) is 0 Å². The Morgan fingerprint density at radius 1 is 1.29 bits per heavy atom. The number of hydrogen-bond acceptors (Lipinski definition) is 3.